The molecule has 9 nitrogen and oxygen atoms in total. The summed E-state index contributed by atoms with van der Waals surface area (Å²) in [6.45, 7) is 6.81. The lowest BCUT2D eigenvalue weighted by atomic mass is 10.00. The molecule has 13 heteroatoms. The van der Waals surface area contributed by atoms with E-state index in [1.165, 1.54) is 21.0 Å². The van der Waals surface area contributed by atoms with E-state index in [0.29, 0.717) is 50.0 Å². The van der Waals surface area contributed by atoms with Crippen LogP contribution in [0.4, 0.5) is 18.9 Å². The number of nitrogens with one attached hydrogen (secondary N) is 2. The van der Waals surface area contributed by atoms with Crippen molar-refractivity contribution in [3.8, 4) is 0 Å². The standard InChI is InChI=1S/C24H34F3N5O4S/c1-15(2)22(33)28-18-6-10-31(11-7-18)37(34,35)30-19-4-5-20-21(16(19)3)29-23(24(25,26)27)32(20)14-17-8-12-36-13-9-17/h4-5,15,17-18,30H,6-14H2,1-3H3,(H,28,33). The van der Waals surface area contributed by atoms with Gasteiger partial charge >= 0.3 is 16.4 Å². The molecule has 37 heavy (non-hydrogen) atoms. The number of anilines is 1. The van der Waals surface area contributed by atoms with Crippen LogP contribution in [-0.4, -0.2) is 60.5 Å². The van der Waals surface area contributed by atoms with Crippen LogP contribution in [0.3, 0.4) is 0 Å². The van der Waals surface area contributed by atoms with Crippen molar-refractivity contribution in [2.24, 2.45) is 11.8 Å². The lowest BCUT2D eigenvalue weighted by Crippen LogP contribution is -2.48. The summed E-state index contributed by atoms with van der Waals surface area (Å²) in [6.07, 6.45) is -2.35. The number of aryl methyl sites for hydroxylation is 1. The SMILES string of the molecule is Cc1c(NS(=O)(=O)N2CCC(NC(=O)C(C)C)CC2)ccc2c1nc(C(F)(F)F)n2CC1CCOCC1. The number of alkyl halides is 3. The molecule has 1 aromatic carbocycles. The minimum Gasteiger partial charge on any atom is -0.381 e. The number of hydrogen-bond donors (Lipinski definition) is 2. The summed E-state index contributed by atoms with van der Waals surface area (Å²) in [7, 11) is -3.95. The predicted molar refractivity (Wildman–Crippen MR) is 133 cm³/mol. The Hall–Kier alpha value is -2.38. The Balaban J connectivity index is 1.54. The summed E-state index contributed by atoms with van der Waals surface area (Å²) in [5, 5.41) is 2.93. The van der Waals surface area contributed by atoms with Gasteiger partial charge in [0, 0.05) is 50.4 Å². The van der Waals surface area contributed by atoms with Gasteiger partial charge in [-0.15, -0.1) is 0 Å². The van der Waals surface area contributed by atoms with Crippen LogP contribution in [0.15, 0.2) is 12.1 Å². The number of fused-ring (bicyclic) bond motifs is 1. The van der Waals surface area contributed by atoms with Gasteiger partial charge < -0.3 is 14.6 Å². The highest BCUT2D eigenvalue weighted by molar-refractivity contribution is 7.90. The van der Waals surface area contributed by atoms with Crippen LogP contribution >= 0.6 is 0 Å². The van der Waals surface area contributed by atoms with Gasteiger partial charge in [-0.25, -0.2) is 4.98 Å². The van der Waals surface area contributed by atoms with Gasteiger partial charge in [-0.2, -0.15) is 25.9 Å². The molecule has 0 unspecified atom stereocenters. The number of carbonyl (C=O) groups is 1. The molecule has 4 rings (SSSR count). The molecule has 2 aliphatic rings. The number of rotatable bonds is 7. The Morgan fingerprint density at radius 1 is 1.16 bits per heavy atom. The largest absolute Gasteiger partial charge is 0.449 e. The van der Waals surface area contributed by atoms with E-state index in [4.69, 9.17) is 4.74 Å². The number of halogens is 3. The number of piperidine rings is 1. The van der Waals surface area contributed by atoms with E-state index >= 15 is 0 Å². The summed E-state index contributed by atoms with van der Waals surface area (Å²) in [4.78, 5) is 15.9. The molecule has 2 N–H and O–H groups in total. The van der Waals surface area contributed by atoms with Gasteiger partial charge in [-0.1, -0.05) is 13.8 Å². The second-order valence-electron chi connectivity index (χ2n) is 10.1. The summed E-state index contributed by atoms with van der Waals surface area (Å²) >= 11 is 0. The molecule has 0 aliphatic carbocycles. The van der Waals surface area contributed by atoms with Gasteiger partial charge in [0.05, 0.1) is 16.7 Å². The van der Waals surface area contributed by atoms with Crippen molar-refractivity contribution in [3.63, 3.8) is 0 Å². The normalized spacial score (nSPS) is 19.0. The minimum absolute atomic E-state index is 0.0407. The minimum atomic E-state index is -4.65. The molecule has 0 atom stereocenters. The van der Waals surface area contributed by atoms with E-state index in [2.05, 4.69) is 15.0 Å². The zero-order valence-electron chi connectivity index (χ0n) is 21.3. The molecule has 1 amide bonds. The van der Waals surface area contributed by atoms with Gasteiger partial charge in [0.1, 0.15) is 0 Å². The molecule has 1 aromatic heterocycles. The zero-order valence-corrected chi connectivity index (χ0v) is 22.1. The van der Waals surface area contributed by atoms with Crippen molar-refractivity contribution in [1.82, 2.24) is 19.2 Å². The molecule has 206 valence electrons. The number of carbonyl (C=O) groups excluding carboxylic acids is 1. The maximum Gasteiger partial charge on any atom is 0.449 e. The molecule has 0 spiro atoms. The molecular weight excluding hydrogens is 511 g/mol. The first-order valence-corrected chi connectivity index (χ1v) is 14.0. The molecule has 0 saturated carbocycles. The molecular formula is C24H34F3N5O4S. The fourth-order valence-electron chi connectivity index (χ4n) is 4.84. The van der Waals surface area contributed by atoms with E-state index in [9.17, 15) is 26.4 Å². The number of hydrogen-bond acceptors (Lipinski definition) is 5. The Morgan fingerprint density at radius 2 is 1.81 bits per heavy atom. The summed E-state index contributed by atoms with van der Waals surface area (Å²) in [5.74, 6) is -1.17. The molecule has 0 bridgehead atoms. The second-order valence-corrected chi connectivity index (χ2v) is 11.8. The Morgan fingerprint density at radius 3 is 2.41 bits per heavy atom. The van der Waals surface area contributed by atoms with Crippen molar-refractivity contribution >= 4 is 32.8 Å². The quantitative estimate of drug-likeness (QED) is 0.552. The number of aromatic nitrogens is 2. The van der Waals surface area contributed by atoms with E-state index < -0.39 is 22.2 Å². The Kier molecular flexibility index (Phi) is 8.05. The summed E-state index contributed by atoms with van der Waals surface area (Å²) in [5.41, 5.74) is 0.958. The van der Waals surface area contributed by atoms with Gasteiger partial charge in [0.15, 0.2) is 0 Å². The van der Waals surface area contributed by atoms with E-state index in [0.717, 1.165) is 0 Å². The molecule has 2 aliphatic heterocycles. The van der Waals surface area contributed by atoms with E-state index in [1.807, 2.05) is 0 Å². The molecule has 2 fully saturated rings. The van der Waals surface area contributed by atoms with Gasteiger partial charge in [0.25, 0.3) is 0 Å². The molecule has 2 saturated heterocycles. The number of ether oxygens (including phenoxy) is 1. The average molecular weight is 546 g/mol. The first-order valence-electron chi connectivity index (χ1n) is 12.6. The van der Waals surface area contributed by atoms with Crippen LogP contribution < -0.4 is 10.0 Å². The van der Waals surface area contributed by atoms with Crippen molar-refractivity contribution < 1.29 is 31.1 Å². The first kappa shape index (κ1) is 27.6. The molecule has 3 heterocycles. The monoisotopic (exact) mass is 545 g/mol. The topological polar surface area (TPSA) is 106 Å². The van der Waals surface area contributed by atoms with Crippen LogP contribution in [0.2, 0.25) is 0 Å². The van der Waals surface area contributed by atoms with Crippen molar-refractivity contribution in [3.05, 3.63) is 23.5 Å². The highest BCUT2D eigenvalue weighted by Gasteiger charge is 2.39. The fourth-order valence-corrected chi connectivity index (χ4v) is 6.16. The van der Waals surface area contributed by atoms with Crippen LogP contribution in [0.25, 0.3) is 11.0 Å². The summed E-state index contributed by atoms with van der Waals surface area (Å²) < 4.78 is 78.2. The Labute approximate surface area is 214 Å². The molecule has 0 radical (unpaired) electrons. The molecule has 2 aromatic rings. The highest BCUT2D eigenvalue weighted by Crippen LogP contribution is 2.36. The van der Waals surface area contributed by atoms with E-state index in [1.54, 1.807) is 20.8 Å². The lowest BCUT2D eigenvalue weighted by molar-refractivity contribution is -0.147. The van der Waals surface area contributed by atoms with Crippen molar-refractivity contribution in [1.29, 1.82) is 0 Å². The summed E-state index contributed by atoms with van der Waals surface area (Å²) in [6, 6.07) is 2.89. The van der Waals surface area contributed by atoms with E-state index in [-0.39, 0.29) is 54.6 Å². The van der Waals surface area contributed by atoms with Gasteiger partial charge in [0.2, 0.25) is 11.7 Å². The first-order chi connectivity index (χ1) is 17.4. The predicted octanol–water partition coefficient (Wildman–Crippen LogP) is 3.68. The number of amides is 1. The number of imidazole rings is 1. The number of nitrogens with zero attached hydrogens (tertiary/aromatic N) is 3. The van der Waals surface area contributed by atoms with Crippen molar-refractivity contribution in [2.75, 3.05) is 31.0 Å². The fraction of sp³-hybridized carbons (Fsp3) is 0.667. The third-order valence-corrected chi connectivity index (χ3v) is 8.64. The Bertz CT molecular complexity index is 1230. The van der Waals surface area contributed by atoms with Crippen molar-refractivity contribution in [2.45, 2.75) is 65.2 Å². The second kappa shape index (κ2) is 10.8. The maximum atomic E-state index is 13.9. The van der Waals surface area contributed by atoms with Crippen LogP contribution in [0.5, 0.6) is 0 Å². The maximum absolute atomic E-state index is 13.9. The highest BCUT2D eigenvalue weighted by atomic mass is 32.2. The average Bonchev–Trinajstić information content (AvgIpc) is 3.21. The third kappa shape index (κ3) is 6.20. The zero-order chi connectivity index (χ0) is 27.0. The van der Waals surface area contributed by atoms with Gasteiger partial charge in [-0.3, -0.25) is 9.52 Å². The van der Waals surface area contributed by atoms with Crippen LogP contribution in [-0.2, 0) is 32.5 Å². The smallest absolute Gasteiger partial charge is 0.381 e. The number of benzene rings is 1. The van der Waals surface area contributed by atoms with Gasteiger partial charge in [-0.05, 0) is 50.7 Å². The van der Waals surface area contributed by atoms with Crippen LogP contribution in [0.1, 0.15) is 50.9 Å². The lowest BCUT2D eigenvalue weighted by Gasteiger charge is -2.32. The van der Waals surface area contributed by atoms with Crippen LogP contribution in [0, 0.1) is 18.8 Å². The third-order valence-electron chi connectivity index (χ3n) is 7.11.